The highest BCUT2D eigenvalue weighted by molar-refractivity contribution is 5.69. The predicted molar refractivity (Wildman–Crippen MR) is 74.6 cm³/mol. The van der Waals surface area contributed by atoms with Crippen molar-refractivity contribution in [2.45, 2.75) is 52.4 Å². The Morgan fingerprint density at radius 2 is 1.56 bits per heavy atom. The van der Waals surface area contributed by atoms with Crippen LogP contribution in [0.2, 0.25) is 0 Å². The maximum Gasteiger partial charge on any atom is 0.305 e. The standard InChI is InChI=1S/C16H24O2/c1-3-5-7-14-10-12-15(13-11-14)8-6-9-16(17)18-4-2/h10-13H,3-9H2,1-2H3. The largest absolute Gasteiger partial charge is 0.466 e. The quantitative estimate of drug-likeness (QED) is 0.652. The molecule has 0 saturated carbocycles. The summed E-state index contributed by atoms with van der Waals surface area (Å²) in [4.78, 5) is 11.2. The minimum Gasteiger partial charge on any atom is -0.466 e. The average molecular weight is 248 g/mol. The van der Waals surface area contributed by atoms with Gasteiger partial charge in [0.1, 0.15) is 0 Å². The summed E-state index contributed by atoms with van der Waals surface area (Å²) in [5, 5.41) is 0. The van der Waals surface area contributed by atoms with Gasteiger partial charge in [-0.15, -0.1) is 0 Å². The first-order chi connectivity index (χ1) is 8.76. The van der Waals surface area contributed by atoms with Crippen LogP contribution in [0.5, 0.6) is 0 Å². The molecule has 2 nitrogen and oxygen atoms in total. The van der Waals surface area contributed by atoms with E-state index >= 15 is 0 Å². The molecule has 0 spiro atoms. The maximum atomic E-state index is 11.2. The number of unbranched alkanes of at least 4 members (excludes halogenated alkanes) is 1. The van der Waals surface area contributed by atoms with Gasteiger partial charge in [0.2, 0.25) is 0 Å². The van der Waals surface area contributed by atoms with Gasteiger partial charge in [-0.1, -0.05) is 37.6 Å². The molecule has 0 aliphatic carbocycles. The number of rotatable bonds is 8. The van der Waals surface area contributed by atoms with E-state index in [1.54, 1.807) is 0 Å². The van der Waals surface area contributed by atoms with E-state index in [2.05, 4.69) is 31.2 Å². The van der Waals surface area contributed by atoms with Crippen LogP contribution >= 0.6 is 0 Å². The zero-order valence-corrected chi connectivity index (χ0v) is 11.6. The van der Waals surface area contributed by atoms with E-state index in [1.165, 1.54) is 30.4 Å². The molecule has 100 valence electrons. The van der Waals surface area contributed by atoms with Crippen LogP contribution in [0.4, 0.5) is 0 Å². The fourth-order valence-electron chi connectivity index (χ4n) is 1.92. The van der Waals surface area contributed by atoms with Gasteiger partial charge in [0.05, 0.1) is 6.61 Å². The predicted octanol–water partition coefficient (Wildman–Crippen LogP) is 3.92. The number of hydrogen-bond acceptors (Lipinski definition) is 2. The second-order valence-corrected chi connectivity index (χ2v) is 4.58. The van der Waals surface area contributed by atoms with E-state index in [4.69, 9.17) is 4.74 Å². The van der Waals surface area contributed by atoms with Gasteiger partial charge in [0.25, 0.3) is 0 Å². The Morgan fingerprint density at radius 1 is 1.00 bits per heavy atom. The van der Waals surface area contributed by atoms with Crippen molar-refractivity contribution < 1.29 is 9.53 Å². The number of hydrogen-bond donors (Lipinski definition) is 0. The van der Waals surface area contributed by atoms with Crippen molar-refractivity contribution >= 4 is 5.97 Å². The summed E-state index contributed by atoms with van der Waals surface area (Å²) >= 11 is 0. The summed E-state index contributed by atoms with van der Waals surface area (Å²) in [6.45, 7) is 4.53. The molecule has 0 bridgehead atoms. The van der Waals surface area contributed by atoms with E-state index in [1.807, 2.05) is 6.92 Å². The van der Waals surface area contributed by atoms with Crippen LogP contribution in [0.15, 0.2) is 24.3 Å². The number of benzene rings is 1. The Kier molecular flexibility index (Phi) is 7.16. The van der Waals surface area contributed by atoms with Gasteiger partial charge in [0, 0.05) is 6.42 Å². The summed E-state index contributed by atoms with van der Waals surface area (Å²) in [5.74, 6) is -0.0861. The van der Waals surface area contributed by atoms with Gasteiger partial charge >= 0.3 is 5.97 Å². The average Bonchev–Trinajstić information content (AvgIpc) is 2.38. The van der Waals surface area contributed by atoms with Crippen molar-refractivity contribution in [3.8, 4) is 0 Å². The van der Waals surface area contributed by atoms with E-state index in [0.717, 1.165) is 12.8 Å². The third-order valence-electron chi connectivity index (χ3n) is 2.99. The molecule has 1 aromatic carbocycles. The van der Waals surface area contributed by atoms with Crippen molar-refractivity contribution in [3.63, 3.8) is 0 Å². The van der Waals surface area contributed by atoms with Crippen molar-refractivity contribution in [3.05, 3.63) is 35.4 Å². The fraction of sp³-hybridized carbons (Fsp3) is 0.562. The first-order valence-corrected chi connectivity index (χ1v) is 6.99. The first kappa shape index (κ1) is 14.7. The molecule has 0 atom stereocenters. The molecular formula is C16H24O2. The number of carbonyl (C=O) groups excluding carboxylic acids is 1. The Balaban J connectivity index is 2.28. The molecule has 0 aromatic heterocycles. The van der Waals surface area contributed by atoms with Gasteiger partial charge < -0.3 is 4.74 Å². The zero-order valence-electron chi connectivity index (χ0n) is 11.6. The number of carbonyl (C=O) groups is 1. The molecule has 0 fully saturated rings. The van der Waals surface area contributed by atoms with E-state index in [0.29, 0.717) is 13.0 Å². The molecule has 18 heavy (non-hydrogen) atoms. The molecule has 0 heterocycles. The summed E-state index contributed by atoms with van der Waals surface area (Å²) in [5.41, 5.74) is 2.71. The van der Waals surface area contributed by atoms with E-state index in [-0.39, 0.29) is 5.97 Å². The lowest BCUT2D eigenvalue weighted by molar-refractivity contribution is -0.143. The molecule has 1 rings (SSSR count). The highest BCUT2D eigenvalue weighted by atomic mass is 16.5. The highest BCUT2D eigenvalue weighted by Gasteiger charge is 2.01. The molecule has 0 radical (unpaired) electrons. The second-order valence-electron chi connectivity index (χ2n) is 4.58. The third-order valence-corrected chi connectivity index (χ3v) is 2.99. The van der Waals surface area contributed by atoms with Crippen LogP contribution in [0, 0.1) is 0 Å². The molecule has 0 aliphatic rings. The van der Waals surface area contributed by atoms with E-state index in [9.17, 15) is 4.79 Å². The molecule has 0 unspecified atom stereocenters. The van der Waals surface area contributed by atoms with Gasteiger partial charge in [-0.2, -0.15) is 0 Å². The minimum atomic E-state index is -0.0861. The SMILES string of the molecule is CCCCc1ccc(CCCC(=O)OCC)cc1. The molecule has 0 amide bonds. The van der Waals surface area contributed by atoms with Crippen LogP contribution in [-0.4, -0.2) is 12.6 Å². The lowest BCUT2D eigenvalue weighted by Gasteiger charge is -2.04. The lowest BCUT2D eigenvalue weighted by atomic mass is 10.0. The third kappa shape index (κ3) is 5.85. The van der Waals surface area contributed by atoms with Gasteiger partial charge in [0.15, 0.2) is 0 Å². The summed E-state index contributed by atoms with van der Waals surface area (Å²) in [6, 6.07) is 8.76. The molecule has 1 aromatic rings. The lowest BCUT2D eigenvalue weighted by Crippen LogP contribution is -2.04. The van der Waals surface area contributed by atoms with Crippen LogP contribution in [0.3, 0.4) is 0 Å². The van der Waals surface area contributed by atoms with Crippen LogP contribution in [0.1, 0.15) is 50.7 Å². The number of aryl methyl sites for hydroxylation is 2. The van der Waals surface area contributed by atoms with Crippen LogP contribution in [-0.2, 0) is 22.4 Å². The second kappa shape index (κ2) is 8.73. The summed E-state index contributed by atoms with van der Waals surface area (Å²) in [6.07, 6.45) is 5.99. The topological polar surface area (TPSA) is 26.3 Å². The van der Waals surface area contributed by atoms with Crippen molar-refractivity contribution in [1.29, 1.82) is 0 Å². The van der Waals surface area contributed by atoms with Gasteiger partial charge in [-0.25, -0.2) is 0 Å². The Labute approximate surface area is 110 Å². The molecule has 0 N–H and O–H groups in total. The zero-order chi connectivity index (χ0) is 13.2. The van der Waals surface area contributed by atoms with Crippen LogP contribution in [0.25, 0.3) is 0 Å². The van der Waals surface area contributed by atoms with Crippen molar-refractivity contribution in [2.24, 2.45) is 0 Å². The Morgan fingerprint density at radius 3 is 2.06 bits per heavy atom. The molecule has 0 saturated heterocycles. The molecule has 2 heteroatoms. The Bertz CT molecular complexity index is 341. The van der Waals surface area contributed by atoms with Gasteiger partial charge in [-0.05, 0) is 43.7 Å². The number of ether oxygens (including phenoxy) is 1. The van der Waals surface area contributed by atoms with Gasteiger partial charge in [-0.3, -0.25) is 4.79 Å². The normalized spacial score (nSPS) is 10.3. The van der Waals surface area contributed by atoms with Crippen molar-refractivity contribution in [1.82, 2.24) is 0 Å². The smallest absolute Gasteiger partial charge is 0.305 e. The van der Waals surface area contributed by atoms with Crippen LogP contribution < -0.4 is 0 Å². The summed E-state index contributed by atoms with van der Waals surface area (Å²) < 4.78 is 4.90. The minimum absolute atomic E-state index is 0.0861. The Hall–Kier alpha value is -1.31. The highest BCUT2D eigenvalue weighted by Crippen LogP contribution is 2.10. The summed E-state index contributed by atoms with van der Waals surface area (Å²) in [7, 11) is 0. The number of esters is 1. The molecule has 0 aliphatic heterocycles. The van der Waals surface area contributed by atoms with Crippen molar-refractivity contribution in [2.75, 3.05) is 6.61 Å². The monoisotopic (exact) mass is 248 g/mol. The fourth-order valence-corrected chi connectivity index (χ4v) is 1.92. The van der Waals surface area contributed by atoms with E-state index < -0.39 is 0 Å². The first-order valence-electron chi connectivity index (χ1n) is 6.99. The maximum absolute atomic E-state index is 11.2. The molecular weight excluding hydrogens is 224 g/mol.